The molecule has 18 heavy (non-hydrogen) atoms. The third-order valence-electron chi connectivity index (χ3n) is 3.06. The van der Waals surface area contributed by atoms with E-state index < -0.39 is 0 Å². The molecule has 3 heteroatoms. The van der Waals surface area contributed by atoms with Crippen molar-refractivity contribution in [1.29, 1.82) is 0 Å². The highest BCUT2D eigenvalue weighted by Gasteiger charge is 2.18. The van der Waals surface area contributed by atoms with Crippen molar-refractivity contribution >= 4 is 0 Å². The van der Waals surface area contributed by atoms with Gasteiger partial charge in [-0.1, -0.05) is 42.5 Å². The molecule has 2 N–H and O–H groups in total. The van der Waals surface area contributed by atoms with E-state index in [9.17, 15) is 0 Å². The summed E-state index contributed by atoms with van der Waals surface area (Å²) in [6.07, 6.45) is 4.27. The zero-order valence-electron chi connectivity index (χ0n) is 11.0. The van der Waals surface area contributed by atoms with Crippen molar-refractivity contribution in [2.24, 2.45) is 5.73 Å². The maximum Gasteiger partial charge on any atom is 0.0884 e. The van der Waals surface area contributed by atoms with E-state index in [0.717, 1.165) is 26.2 Å². The smallest absolute Gasteiger partial charge is 0.0884 e. The molecule has 1 aliphatic rings. The summed E-state index contributed by atoms with van der Waals surface area (Å²) in [6, 6.07) is 10.7. The van der Waals surface area contributed by atoms with E-state index in [1.165, 1.54) is 5.56 Å². The van der Waals surface area contributed by atoms with E-state index in [0.29, 0.717) is 0 Å². The van der Waals surface area contributed by atoms with Gasteiger partial charge in [-0.25, -0.2) is 0 Å². The second-order valence-electron chi connectivity index (χ2n) is 4.87. The van der Waals surface area contributed by atoms with Gasteiger partial charge < -0.3 is 10.5 Å². The van der Waals surface area contributed by atoms with Crippen molar-refractivity contribution in [1.82, 2.24) is 4.90 Å². The Morgan fingerprint density at radius 3 is 2.94 bits per heavy atom. The molecule has 0 radical (unpaired) electrons. The molecule has 0 spiro atoms. The Kier molecular flexibility index (Phi) is 4.93. The molecule has 1 saturated heterocycles. The first-order chi connectivity index (χ1) is 8.74. The third-order valence-corrected chi connectivity index (χ3v) is 3.06. The van der Waals surface area contributed by atoms with Crippen LogP contribution < -0.4 is 5.73 Å². The summed E-state index contributed by atoms with van der Waals surface area (Å²) < 4.78 is 5.71. The van der Waals surface area contributed by atoms with Crippen LogP contribution in [0.15, 0.2) is 42.5 Å². The minimum Gasteiger partial charge on any atom is -0.371 e. The predicted octanol–water partition coefficient (Wildman–Crippen LogP) is 1.79. The fourth-order valence-corrected chi connectivity index (χ4v) is 2.13. The van der Waals surface area contributed by atoms with Crippen LogP contribution in [-0.4, -0.2) is 36.7 Å². The van der Waals surface area contributed by atoms with Gasteiger partial charge in [0.25, 0.3) is 0 Å². The molecule has 2 unspecified atom stereocenters. The van der Waals surface area contributed by atoms with Gasteiger partial charge in [-0.05, 0) is 12.5 Å². The molecule has 0 aliphatic carbocycles. The summed E-state index contributed by atoms with van der Waals surface area (Å²) in [5.41, 5.74) is 7.07. The van der Waals surface area contributed by atoms with Crippen LogP contribution in [-0.2, 0) is 11.3 Å². The minimum absolute atomic E-state index is 0.0955. The Hall–Kier alpha value is -1.16. The van der Waals surface area contributed by atoms with E-state index >= 15 is 0 Å². The summed E-state index contributed by atoms with van der Waals surface area (Å²) in [5, 5.41) is 0. The van der Waals surface area contributed by atoms with Crippen molar-refractivity contribution in [3.63, 3.8) is 0 Å². The minimum atomic E-state index is 0.0955. The number of hydrogen-bond donors (Lipinski definition) is 1. The first-order valence-corrected chi connectivity index (χ1v) is 6.56. The highest BCUT2D eigenvalue weighted by atomic mass is 16.5. The van der Waals surface area contributed by atoms with Gasteiger partial charge in [0, 0.05) is 25.7 Å². The molecule has 98 valence electrons. The Balaban J connectivity index is 1.87. The molecule has 2 rings (SSSR count). The van der Waals surface area contributed by atoms with E-state index in [4.69, 9.17) is 10.5 Å². The van der Waals surface area contributed by atoms with Crippen molar-refractivity contribution in [2.75, 3.05) is 19.7 Å². The Bertz CT molecular complexity index is 375. The number of ether oxygens (including phenoxy) is 1. The zero-order chi connectivity index (χ0) is 12.8. The molecule has 0 amide bonds. The highest BCUT2D eigenvalue weighted by molar-refractivity contribution is 5.14. The van der Waals surface area contributed by atoms with E-state index in [1.807, 2.05) is 13.0 Å². The topological polar surface area (TPSA) is 38.5 Å². The first kappa shape index (κ1) is 13.3. The lowest BCUT2D eigenvalue weighted by molar-refractivity contribution is -0.00662. The van der Waals surface area contributed by atoms with Crippen LogP contribution in [0.5, 0.6) is 0 Å². The number of benzene rings is 1. The van der Waals surface area contributed by atoms with E-state index in [-0.39, 0.29) is 12.1 Å². The lowest BCUT2D eigenvalue weighted by Crippen LogP contribution is -2.41. The molecule has 1 aromatic carbocycles. The number of nitrogens with zero attached hydrogens (tertiary/aromatic N) is 1. The lowest BCUT2D eigenvalue weighted by atomic mass is 10.1. The van der Waals surface area contributed by atoms with Gasteiger partial charge in [0.15, 0.2) is 0 Å². The number of rotatable bonds is 4. The fraction of sp³-hybridized carbons (Fsp3) is 0.467. The molecule has 1 heterocycles. The van der Waals surface area contributed by atoms with Crippen LogP contribution in [0.2, 0.25) is 0 Å². The van der Waals surface area contributed by atoms with Crippen LogP contribution >= 0.6 is 0 Å². The van der Waals surface area contributed by atoms with Crippen LogP contribution in [0.4, 0.5) is 0 Å². The monoisotopic (exact) mass is 246 g/mol. The lowest BCUT2D eigenvalue weighted by Gasteiger charge is -2.31. The van der Waals surface area contributed by atoms with Crippen molar-refractivity contribution < 1.29 is 4.74 Å². The summed E-state index contributed by atoms with van der Waals surface area (Å²) >= 11 is 0. The van der Waals surface area contributed by atoms with Gasteiger partial charge in [0.1, 0.15) is 0 Å². The molecule has 1 aromatic rings. The van der Waals surface area contributed by atoms with Crippen molar-refractivity contribution in [3.8, 4) is 0 Å². The van der Waals surface area contributed by atoms with Crippen LogP contribution in [0, 0.1) is 0 Å². The molecule has 3 nitrogen and oxygen atoms in total. The maximum atomic E-state index is 5.71. The standard InChI is InChI=1S/C15H22N2O/c1-13(16)7-8-15-12-17(9-10-18-15)11-14-5-3-2-4-6-14/h2-8,13,15H,9-12,16H2,1H3/b8-7+. The van der Waals surface area contributed by atoms with Gasteiger partial charge in [-0.3, -0.25) is 4.90 Å². The molecule has 1 fully saturated rings. The summed E-state index contributed by atoms with van der Waals surface area (Å²) in [6.45, 7) is 5.70. The van der Waals surface area contributed by atoms with Gasteiger partial charge in [0.05, 0.1) is 12.7 Å². The molecule has 0 bridgehead atoms. The fourth-order valence-electron chi connectivity index (χ4n) is 2.13. The second-order valence-corrected chi connectivity index (χ2v) is 4.87. The van der Waals surface area contributed by atoms with Crippen LogP contribution in [0.3, 0.4) is 0 Å². The number of nitrogens with two attached hydrogens (primary N) is 1. The summed E-state index contributed by atoms with van der Waals surface area (Å²) in [4.78, 5) is 2.43. The van der Waals surface area contributed by atoms with Gasteiger partial charge in [-0.15, -0.1) is 0 Å². The summed E-state index contributed by atoms with van der Waals surface area (Å²) in [7, 11) is 0. The van der Waals surface area contributed by atoms with Gasteiger partial charge in [0.2, 0.25) is 0 Å². The Morgan fingerprint density at radius 1 is 1.44 bits per heavy atom. The first-order valence-electron chi connectivity index (χ1n) is 6.56. The second kappa shape index (κ2) is 6.69. The zero-order valence-corrected chi connectivity index (χ0v) is 11.0. The number of morpholine rings is 1. The maximum absolute atomic E-state index is 5.71. The molecular formula is C15H22N2O. The van der Waals surface area contributed by atoms with Crippen LogP contribution in [0.1, 0.15) is 12.5 Å². The van der Waals surface area contributed by atoms with Crippen LogP contribution in [0.25, 0.3) is 0 Å². The predicted molar refractivity (Wildman–Crippen MR) is 74.2 cm³/mol. The van der Waals surface area contributed by atoms with E-state index in [1.54, 1.807) is 0 Å². The Labute approximate surface area is 109 Å². The molecule has 0 saturated carbocycles. The quantitative estimate of drug-likeness (QED) is 0.823. The molecular weight excluding hydrogens is 224 g/mol. The average Bonchev–Trinajstić information content (AvgIpc) is 2.38. The highest BCUT2D eigenvalue weighted by Crippen LogP contribution is 2.11. The normalized spacial score (nSPS) is 23.3. The molecule has 0 aromatic heterocycles. The van der Waals surface area contributed by atoms with Crippen molar-refractivity contribution in [3.05, 3.63) is 48.0 Å². The Morgan fingerprint density at radius 2 is 2.22 bits per heavy atom. The number of hydrogen-bond acceptors (Lipinski definition) is 3. The third kappa shape index (κ3) is 4.26. The van der Waals surface area contributed by atoms with E-state index in [2.05, 4.69) is 41.3 Å². The largest absolute Gasteiger partial charge is 0.371 e. The SMILES string of the molecule is CC(N)/C=C/C1CN(Cc2ccccc2)CCO1. The van der Waals surface area contributed by atoms with Crippen molar-refractivity contribution in [2.45, 2.75) is 25.6 Å². The summed E-state index contributed by atoms with van der Waals surface area (Å²) in [5.74, 6) is 0. The van der Waals surface area contributed by atoms with Gasteiger partial charge in [-0.2, -0.15) is 0 Å². The molecule has 1 aliphatic heterocycles. The molecule has 2 atom stereocenters. The average molecular weight is 246 g/mol. The van der Waals surface area contributed by atoms with Gasteiger partial charge >= 0.3 is 0 Å².